The third kappa shape index (κ3) is 6.23. The number of benzene rings is 5. The van der Waals surface area contributed by atoms with Gasteiger partial charge in [0.1, 0.15) is 23.0 Å². The predicted octanol–water partition coefficient (Wildman–Crippen LogP) is 8.39. The third-order valence-corrected chi connectivity index (χ3v) is 9.59. The van der Waals surface area contributed by atoms with Crippen molar-refractivity contribution in [3.8, 4) is 34.8 Å². The number of rotatable bonds is 10. The summed E-state index contributed by atoms with van der Waals surface area (Å²) in [4.78, 5) is 9.19. The maximum atomic E-state index is 13.4. The quantitative estimate of drug-likeness (QED) is 0.149. The molecule has 0 amide bonds. The van der Waals surface area contributed by atoms with Crippen molar-refractivity contribution in [1.82, 2.24) is 9.97 Å². The van der Waals surface area contributed by atoms with Crippen LogP contribution < -0.4 is 18.9 Å². The molecule has 0 saturated carbocycles. The molecule has 0 radical (unpaired) electrons. The van der Waals surface area contributed by atoms with Gasteiger partial charge < -0.3 is 18.9 Å². The van der Waals surface area contributed by atoms with Crippen LogP contribution >= 0.6 is 0 Å². The van der Waals surface area contributed by atoms with Crippen LogP contribution in [-0.4, -0.2) is 32.6 Å². The van der Waals surface area contributed by atoms with Gasteiger partial charge in [-0.15, -0.1) is 0 Å². The highest BCUT2D eigenvalue weighted by molar-refractivity contribution is 7.91. The Morgan fingerprint density at radius 2 is 0.913 bits per heavy atom. The van der Waals surface area contributed by atoms with Crippen molar-refractivity contribution >= 4 is 20.9 Å². The summed E-state index contributed by atoms with van der Waals surface area (Å²) in [6, 6.07) is 35.8. The SMILES string of the molecule is COc1ccc(C(C)(C)c2ccc(Oc3ccc(S(=O)(=O)c4ccc(Oc5nc6ccccc6nc5OC)cc4)cc3)cc2)cc1. The Bertz CT molecular complexity index is 2080. The van der Waals surface area contributed by atoms with Gasteiger partial charge in [-0.1, -0.05) is 50.2 Å². The summed E-state index contributed by atoms with van der Waals surface area (Å²) < 4.78 is 49.3. The van der Waals surface area contributed by atoms with Gasteiger partial charge in [-0.2, -0.15) is 0 Å². The van der Waals surface area contributed by atoms with E-state index >= 15 is 0 Å². The highest BCUT2D eigenvalue weighted by Gasteiger charge is 2.23. The van der Waals surface area contributed by atoms with Crippen molar-refractivity contribution in [2.75, 3.05) is 14.2 Å². The zero-order chi connectivity index (χ0) is 32.3. The lowest BCUT2D eigenvalue weighted by molar-refractivity contribution is 0.357. The van der Waals surface area contributed by atoms with E-state index in [1.807, 2.05) is 60.7 Å². The Balaban J connectivity index is 1.13. The summed E-state index contributed by atoms with van der Waals surface area (Å²) in [5.74, 6) is 2.79. The van der Waals surface area contributed by atoms with Crippen LogP contribution in [0.4, 0.5) is 0 Å². The van der Waals surface area contributed by atoms with Gasteiger partial charge in [-0.3, -0.25) is 0 Å². The van der Waals surface area contributed by atoms with Gasteiger partial charge in [0, 0.05) is 5.41 Å². The smallest absolute Gasteiger partial charge is 0.284 e. The second-order valence-electron chi connectivity index (χ2n) is 11.1. The fraction of sp³-hybridized carbons (Fsp3) is 0.135. The Hall–Kier alpha value is -5.41. The Morgan fingerprint density at radius 1 is 0.500 bits per heavy atom. The van der Waals surface area contributed by atoms with Crippen molar-refractivity contribution < 1.29 is 27.4 Å². The van der Waals surface area contributed by atoms with Crippen LogP contribution in [0.3, 0.4) is 0 Å². The molecule has 0 atom stereocenters. The summed E-state index contributed by atoms with van der Waals surface area (Å²) in [5, 5.41) is 0. The van der Waals surface area contributed by atoms with Gasteiger partial charge >= 0.3 is 0 Å². The van der Waals surface area contributed by atoms with Gasteiger partial charge in [0.2, 0.25) is 9.84 Å². The van der Waals surface area contributed by atoms with E-state index in [4.69, 9.17) is 18.9 Å². The van der Waals surface area contributed by atoms with Crippen LogP contribution in [0, 0.1) is 0 Å². The number of sulfone groups is 1. The molecule has 0 saturated heterocycles. The van der Waals surface area contributed by atoms with E-state index in [-0.39, 0.29) is 27.0 Å². The molecule has 0 unspecified atom stereocenters. The van der Waals surface area contributed by atoms with Crippen LogP contribution in [0.5, 0.6) is 34.8 Å². The number of fused-ring (bicyclic) bond motifs is 1. The number of hydrogen-bond acceptors (Lipinski definition) is 8. The van der Waals surface area contributed by atoms with Crippen LogP contribution in [0.2, 0.25) is 0 Å². The van der Waals surface area contributed by atoms with Crippen molar-refractivity contribution in [1.29, 1.82) is 0 Å². The van der Waals surface area contributed by atoms with Crippen LogP contribution in [-0.2, 0) is 15.3 Å². The number of para-hydroxylation sites is 2. The molecule has 8 nitrogen and oxygen atoms in total. The molecule has 5 aromatic carbocycles. The van der Waals surface area contributed by atoms with E-state index in [0.29, 0.717) is 28.3 Å². The van der Waals surface area contributed by atoms with E-state index in [0.717, 1.165) is 11.3 Å². The first-order chi connectivity index (χ1) is 22.2. The first kappa shape index (κ1) is 30.6. The molecule has 1 heterocycles. The molecule has 6 aromatic rings. The molecule has 46 heavy (non-hydrogen) atoms. The number of methoxy groups -OCH3 is 2. The van der Waals surface area contributed by atoms with Gasteiger partial charge in [-0.25, -0.2) is 18.4 Å². The number of hydrogen-bond donors (Lipinski definition) is 0. The highest BCUT2D eigenvalue weighted by Crippen LogP contribution is 2.35. The molecule has 0 bridgehead atoms. The Labute approximate surface area is 268 Å². The molecule has 0 aliphatic carbocycles. The van der Waals surface area contributed by atoms with Crippen LogP contribution in [0.1, 0.15) is 25.0 Å². The predicted molar refractivity (Wildman–Crippen MR) is 176 cm³/mol. The minimum atomic E-state index is -3.78. The second-order valence-corrected chi connectivity index (χ2v) is 13.0. The lowest BCUT2D eigenvalue weighted by Crippen LogP contribution is -2.18. The number of aromatic nitrogens is 2. The average molecular weight is 633 g/mol. The van der Waals surface area contributed by atoms with Crippen molar-refractivity contribution in [2.24, 2.45) is 0 Å². The second kappa shape index (κ2) is 12.5. The standard InChI is InChI=1S/C37H32N2O6S/c1-37(2,25-9-13-27(42-3)14-10-25)26-11-15-28(16-12-26)44-29-17-21-31(22-18-29)46(40,41)32-23-19-30(20-24-32)45-36-35(43-4)38-33-7-5-6-8-34(33)39-36/h5-24H,1-4H3. The van der Waals surface area contributed by atoms with E-state index in [1.165, 1.54) is 36.9 Å². The summed E-state index contributed by atoms with van der Waals surface area (Å²) in [6.07, 6.45) is 0. The van der Waals surface area contributed by atoms with Crippen LogP contribution in [0.15, 0.2) is 131 Å². The molecule has 6 rings (SSSR count). The third-order valence-electron chi connectivity index (χ3n) is 7.81. The number of ether oxygens (including phenoxy) is 4. The minimum absolute atomic E-state index is 0.125. The first-order valence-electron chi connectivity index (χ1n) is 14.5. The van der Waals surface area contributed by atoms with E-state index in [9.17, 15) is 8.42 Å². The van der Waals surface area contributed by atoms with Gasteiger partial charge in [0.25, 0.3) is 11.8 Å². The number of nitrogens with zero attached hydrogens (tertiary/aromatic N) is 2. The maximum absolute atomic E-state index is 13.4. The van der Waals surface area contributed by atoms with Crippen LogP contribution in [0.25, 0.3) is 11.0 Å². The lowest BCUT2D eigenvalue weighted by Gasteiger charge is -2.26. The first-order valence-corrected chi connectivity index (χ1v) is 16.0. The Kier molecular flexibility index (Phi) is 8.34. The molecule has 0 aliphatic rings. The fourth-order valence-electron chi connectivity index (χ4n) is 5.04. The monoisotopic (exact) mass is 632 g/mol. The summed E-state index contributed by atoms with van der Waals surface area (Å²) >= 11 is 0. The molecule has 1 aromatic heterocycles. The summed E-state index contributed by atoms with van der Waals surface area (Å²) in [5.41, 5.74) is 3.40. The Morgan fingerprint density at radius 3 is 1.37 bits per heavy atom. The van der Waals surface area contributed by atoms with Gasteiger partial charge in [-0.05, 0) is 96.1 Å². The molecule has 0 spiro atoms. The molecular weight excluding hydrogens is 600 g/mol. The van der Waals surface area contributed by atoms with Gasteiger partial charge in [0.05, 0.1) is 35.0 Å². The molecule has 232 valence electrons. The average Bonchev–Trinajstić information content (AvgIpc) is 3.08. The molecule has 0 fully saturated rings. The summed E-state index contributed by atoms with van der Waals surface area (Å²) in [6.45, 7) is 4.34. The zero-order valence-electron chi connectivity index (χ0n) is 25.8. The van der Waals surface area contributed by atoms with Gasteiger partial charge in [0.15, 0.2) is 0 Å². The molecule has 0 N–H and O–H groups in total. The zero-order valence-corrected chi connectivity index (χ0v) is 26.6. The molecule has 9 heteroatoms. The molecule has 0 aliphatic heterocycles. The summed E-state index contributed by atoms with van der Waals surface area (Å²) in [7, 11) is -0.644. The van der Waals surface area contributed by atoms with E-state index in [1.54, 1.807) is 31.4 Å². The fourth-order valence-corrected chi connectivity index (χ4v) is 6.30. The lowest BCUT2D eigenvalue weighted by atomic mass is 9.78. The van der Waals surface area contributed by atoms with Crippen molar-refractivity contribution in [2.45, 2.75) is 29.1 Å². The largest absolute Gasteiger partial charge is 0.497 e. The molecular formula is C37H32N2O6S. The highest BCUT2D eigenvalue weighted by atomic mass is 32.2. The minimum Gasteiger partial charge on any atom is -0.497 e. The van der Waals surface area contributed by atoms with E-state index < -0.39 is 9.84 Å². The maximum Gasteiger partial charge on any atom is 0.284 e. The van der Waals surface area contributed by atoms with Crippen molar-refractivity contribution in [3.05, 3.63) is 132 Å². The van der Waals surface area contributed by atoms with E-state index in [2.05, 4.69) is 35.9 Å². The van der Waals surface area contributed by atoms with Crippen molar-refractivity contribution in [3.63, 3.8) is 0 Å². The topological polar surface area (TPSA) is 96.8 Å². The normalized spacial score (nSPS) is 11.7.